The molecule has 0 aromatic heterocycles. The van der Waals surface area contributed by atoms with Crippen LogP contribution in [0.2, 0.25) is 0 Å². The fourth-order valence-corrected chi connectivity index (χ4v) is 1.47. The van der Waals surface area contributed by atoms with Crippen molar-refractivity contribution in [2.24, 2.45) is 0 Å². The second-order valence-corrected chi connectivity index (χ2v) is 3.42. The zero-order valence-electron chi connectivity index (χ0n) is 8.07. The Kier molecular flexibility index (Phi) is 3.82. The second-order valence-electron chi connectivity index (χ2n) is 3.42. The van der Waals surface area contributed by atoms with Gasteiger partial charge in [0.05, 0.1) is 6.10 Å². The first-order valence-corrected chi connectivity index (χ1v) is 4.39. The normalized spacial score (nSPS) is 46.3. The van der Waals surface area contributed by atoms with Gasteiger partial charge in [0.25, 0.3) is 0 Å². The first-order valence-electron chi connectivity index (χ1n) is 4.39. The summed E-state index contributed by atoms with van der Waals surface area (Å²) in [5.74, 6) is 0. The van der Waals surface area contributed by atoms with Gasteiger partial charge >= 0.3 is 0 Å². The van der Waals surface area contributed by atoms with Crippen LogP contribution >= 0.6 is 0 Å². The van der Waals surface area contributed by atoms with Crippen molar-refractivity contribution in [3.8, 4) is 0 Å². The molecule has 14 heavy (non-hydrogen) atoms. The predicted octanol–water partition coefficient (Wildman–Crippen LogP) is -2.18. The topological polar surface area (TPSA) is 99.4 Å². The van der Waals surface area contributed by atoms with Crippen molar-refractivity contribution >= 4 is 0 Å². The molecule has 4 N–H and O–H groups in total. The number of aliphatic hydroxyl groups excluding tert-OH is 4. The van der Waals surface area contributed by atoms with Crippen molar-refractivity contribution < 1.29 is 29.9 Å². The van der Waals surface area contributed by atoms with E-state index in [-0.39, 0.29) is 0 Å². The number of rotatable bonds is 2. The van der Waals surface area contributed by atoms with Crippen LogP contribution in [0.3, 0.4) is 0 Å². The fraction of sp³-hybridized carbons (Fsp3) is 1.00. The van der Waals surface area contributed by atoms with Crippen molar-refractivity contribution in [3.63, 3.8) is 0 Å². The van der Waals surface area contributed by atoms with Crippen LogP contribution in [0.15, 0.2) is 0 Å². The van der Waals surface area contributed by atoms with Gasteiger partial charge in [0, 0.05) is 7.11 Å². The largest absolute Gasteiger partial charge is 0.391 e. The van der Waals surface area contributed by atoms with E-state index in [1.807, 2.05) is 0 Å². The molecule has 1 aliphatic heterocycles. The average molecular weight is 208 g/mol. The van der Waals surface area contributed by atoms with E-state index in [2.05, 4.69) is 0 Å². The monoisotopic (exact) mass is 208 g/mol. The molecule has 1 fully saturated rings. The Morgan fingerprint density at radius 1 is 1.14 bits per heavy atom. The van der Waals surface area contributed by atoms with Gasteiger partial charge in [-0.25, -0.2) is 0 Å². The Bertz CT molecular complexity index is 183. The molecule has 1 saturated heterocycles. The summed E-state index contributed by atoms with van der Waals surface area (Å²) in [7, 11) is 1.30. The summed E-state index contributed by atoms with van der Waals surface area (Å²) in [4.78, 5) is 0. The minimum Gasteiger partial charge on any atom is -0.391 e. The Morgan fingerprint density at radius 3 is 2.14 bits per heavy atom. The van der Waals surface area contributed by atoms with Crippen LogP contribution in [-0.4, -0.2) is 64.3 Å². The lowest BCUT2D eigenvalue weighted by molar-refractivity contribution is -0.302. The van der Waals surface area contributed by atoms with Gasteiger partial charge in [0.1, 0.15) is 24.4 Å². The molecule has 1 unspecified atom stereocenters. The summed E-state index contributed by atoms with van der Waals surface area (Å²) < 4.78 is 9.81. The first kappa shape index (κ1) is 11.8. The fourth-order valence-electron chi connectivity index (χ4n) is 1.47. The van der Waals surface area contributed by atoms with Crippen molar-refractivity contribution in [1.82, 2.24) is 0 Å². The molecule has 6 heteroatoms. The minimum atomic E-state index is -1.38. The van der Waals surface area contributed by atoms with Gasteiger partial charge in [-0.2, -0.15) is 0 Å². The van der Waals surface area contributed by atoms with E-state index in [1.54, 1.807) is 0 Å². The number of hydrogen-bond donors (Lipinski definition) is 4. The highest BCUT2D eigenvalue weighted by Gasteiger charge is 2.45. The van der Waals surface area contributed by atoms with Gasteiger partial charge in [-0.1, -0.05) is 0 Å². The van der Waals surface area contributed by atoms with Gasteiger partial charge < -0.3 is 29.9 Å². The Morgan fingerprint density at radius 2 is 1.71 bits per heavy atom. The summed E-state index contributed by atoms with van der Waals surface area (Å²) in [5.41, 5.74) is 0. The van der Waals surface area contributed by atoms with E-state index in [0.717, 1.165) is 0 Å². The maximum Gasteiger partial charge on any atom is 0.186 e. The Labute approximate surface area is 81.7 Å². The van der Waals surface area contributed by atoms with Gasteiger partial charge in [-0.05, 0) is 6.92 Å². The van der Waals surface area contributed by atoms with E-state index in [9.17, 15) is 20.4 Å². The molecule has 0 saturated carbocycles. The molecule has 1 rings (SSSR count). The zero-order valence-corrected chi connectivity index (χ0v) is 8.07. The van der Waals surface area contributed by atoms with Crippen LogP contribution in [0.4, 0.5) is 0 Å². The number of hydrogen-bond acceptors (Lipinski definition) is 6. The number of methoxy groups -OCH3 is 1. The molecule has 1 heterocycles. The maximum absolute atomic E-state index is 9.44. The molecule has 0 spiro atoms. The average Bonchev–Trinajstić information content (AvgIpc) is 2.14. The lowest BCUT2D eigenvalue weighted by Crippen LogP contribution is -2.60. The van der Waals surface area contributed by atoms with Crippen molar-refractivity contribution in [2.45, 2.75) is 43.7 Å². The molecular weight excluding hydrogens is 192 g/mol. The number of ether oxygens (including phenoxy) is 2. The lowest BCUT2D eigenvalue weighted by atomic mass is 9.96. The lowest BCUT2D eigenvalue weighted by Gasteiger charge is -2.40. The van der Waals surface area contributed by atoms with E-state index >= 15 is 0 Å². The molecule has 0 aromatic rings. The summed E-state index contributed by atoms with van der Waals surface area (Å²) >= 11 is 0. The molecule has 0 bridgehead atoms. The van der Waals surface area contributed by atoms with Crippen molar-refractivity contribution in [1.29, 1.82) is 0 Å². The summed E-state index contributed by atoms with van der Waals surface area (Å²) in [5, 5.41) is 37.4. The predicted molar refractivity (Wildman–Crippen MR) is 45.4 cm³/mol. The molecule has 84 valence electrons. The van der Waals surface area contributed by atoms with Crippen molar-refractivity contribution in [3.05, 3.63) is 0 Å². The third-order valence-electron chi connectivity index (χ3n) is 2.31. The van der Waals surface area contributed by atoms with E-state index in [0.29, 0.717) is 0 Å². The van der Waals surface area contributed by atoms with Crippen LogP contribution in [-0.2, 0) is 9.47 Å². The Hall–Kier alpha value is -0.240. The maximum atomic E-state index is 9.44. The smallest absolute Gasteiger partial charge is 0.186 e. The summed E-state index contributed by atoms with van der Waals surface area (Å²) in [6, 6.07) is 0. The van der Waals surface area contributed by atoms with Gasteiger partial charge in [0.15, 0.2) is 6.29 Å². The molecule has 0 aromatic carbocycles. The van der Waals surface area contributed by atoms with E-state index in [4.69, 9.17) is 9.47 Å². The third kappa shape index (κ3) is 2.05. The zero-order chi connectivity index (χ0) is 10.9. The van der Waals surface area contributed by atoms with Crippen LogP contribution in [0, 0.1) is 0 Å². The second kappa shape index (κ2) is 4.52. The highest BCUT2D eigenvalue weighted by atomic mass is 16.7. The summed E-state index contributed by atoms with van der Waals surface area (Å²) in [6.45, 7) is 1.42. The van der Waals surface area contributed by atoms with E-state index in [1.165, 1.54) is 14.0 Å². The van der Waals surface area contributed by atoms with E-state index < -0.39 is 36.8 Å². The first-order chi connectivity index (χ1) is 6.49. The SMILES string of the molecule is CO[C@H]1O[C@H](C(C)O)[C@H](O)[C@H](O)[C@H]1O. The molecular formula is C8H16O6. The third-order valence-corrected chi connectivity index (χ3v) is 2.31. The quantitative estimate of drug-likeness (QED) is 0.412. The molecule has 6 atom stereocenters. The highest BCUT2D eigenvalue weighted by Crippen LogP contribution is 2.23. The molecule has 0 radical (unpaired) electrons. The van der Waals surface area contributed by atoms with Crippen molar-refractivity contribution in [2.75, 3.05) is 7.11 Å². The Balaban J connectivity index is 2.73. The minimum absolute atomic E-state index is 0.954. The molecule has 6 nitrogen and oxygen atoms in total. The molecule has 0 aliphatic carbocycles. The standard InChI is InChI=1S/C8H16O6/c1-3(9)7-5(11)4(10)6(12)8(13-2)14-7/h3-12H,1-2H3/t3?,4-,5+,6+,7+,8-/m0/s1. The summed E-state index contributed by atoms with van der Waals surface area (Å²) in [6.07, 6.45) is -6.97. The molecule has 0 amide bonds. The van der Waals surface area contributed by atoms with Crippen LogP contribution in [0.25, 0.3) is 0 Å². The van der Waals surface area contributed by atoms with Crippen LogP contribution in [0.5, 0.6) is 0 Å². The van der Waals surface area contributed by atoms with Crippen LogP contribution in [0.1, 0.15) is 6.92 Å². The van der Waals surface area contributed by atoms with Gasteiger partial charge in [0.2, 0.25) is 0 Å². The number of aliphatic hydroxyl groups is 4. The molecule has 1 aliphatic rings. The highest BCUT2D eigenvalue weighted by molar-refractivity contribution is 4.91. The van der Waals surface area contributed by atoms with Crippen LogP contribution < -0.4 is 0 Å². The van der Waals surface area contributed by atoms with Gasteiger partial charge in [-0.3, -0.25) is 0 Å². The van der Waals surface area contributed by atoms with Gasteiger partial charge in [-0.15, -0.1) is 0 Å².